The second-order valence-corrected chi connectivity index (χ2v) is 6.78. The van der Waals surface area contributed by atoms with Gasteiger partial charge in [0.2, 0.25) is 5.91 Å². The van der Waals surface area contributed by atoms with Crippen molar-refractivity contribution in [3.05, 3.63) is 29.8 Å². The zero-order valence-corrected chi connectivity index (χ0v) is 14.5. The maximum absolute atomic E-state index is 12.1. The first-order valence-corrected chi connectivity index (χ1v) is 8.64. The van der Waals surface area contributed by atoms with E-state index in [1.165, 1.54) is 0 Å². The van der Waals surface area contributed by atoms with Gasteiger partial charge in [0.1, 0.15) is 0 Å². The van der Waals surface area contributed by atoms with E-state index in [0.29, 0.717) is 18.9 Å². The van der Waals surface area contributed by atoms with E-state index < -0.39 is 6.04 Å². The van der Waals surface area contributed by atoms with Gasteiger partial charge in [-0.25, -0.2) is 4.79 Å². The molecule has 0 aromatic heterocycles. The third-order valence-corrected chi connectivity index (χ3v) is 4.10. The Hall–Kier alpha value is -2.08. The molecule has 0 saturated carbocycles. The molecule has 3 amide bonds. The molecule has 1 atom stereocenters. The van der Waals surface area contributed by atoms with Crippen molar-refractivity contribution >= 4 is 17.6 Å². The summed E-state index contributed by atoms with van der Waals surface area (Å²) in [5.41, 5.74) is 7.54. The molecule has 1 aromatic carbocycles. The Bertz CT molecular complexity index is 568. The lowest BCUT2D eigenvalue weighted by molar-refractivity contribution is -0.122. The van der Waals surface area contributed by atoms with Crippen LogP contribution in [0.5, 0.6) is 0 Å². The van der Waals surface area contributed by atoms with Crippen LogP contribution < -0.4 is 16.4 Å². The van der Waals surface area contributed by atoms with Gasteiger partial charge in [-0.15, -0.1) is 0 Å². The molecule has 2 rings (SSSR count). The van der Waals surface area contributed by atoms with Crippen molar-refractivity contribution in [1.82, 2.24) is 10.2 Å². The number of carbonyl (C=O) groups excluding carboxylic acids is 2. The second kappa shape index (κ2) is 8.68. The average Bonchev–Trinajstić information content (AvgIpc) is 3.07. The number of nitrogens with two attached hydrogens (primary N) is 1. The number of likely N-dealkylation sites (tertiary alicyclic amines) is 1. The number of urea groups is 1. The Kier molecular flexibility index (Phi) is 6.61. The topological polar surface area (TPSA) is 87.5 Å². The molecule has 0 aliphatic carbocycles. The van der Waals surface area contributed by atoms with Gasteiger partial charge in [-0.3, -0.25) is 4.79 Å². The van der Waals surface area contributed by atoms with Gasteiger partial charge in [0.05, 0.1) is 6.04 Å². The monoisotopic (exact) mass is 332 g/mol. The Balaban J connectivity index is 1.85. The van der Waals surface area contributed by atoms with E-state index >= 15 is 0 Å². The fourth-order valence-corrected chi connectivity index (χ4v) is 2.82. The molecule has 1 aliphatic heterocycles. The molecule has 4 N–H and O–H groups in total. The van der Waals surface area contributed by atoms with Gasteiger partial charge in [0, 0.05) is 25.3 Å². The number of anilines is 1. The van der Waals surface area contributed by atoms with Crippen LogP contribution >= 0.6 is 0 Å². The molecule has 1 saturated heterocycles. The molecule has 1 fully saturated rings. The predicted molar refractivity (Wildman–Crippen MR) is 95.5 cm³/mol. The zero-order valence-electron chi connectivity index (χ0n) is 14.5. The van der Waals surface area contributed by atoms with Crippen molar-refractivity contribution in [2.75, 3.05) is 18.4 Å². The third kappa shape index (κ3) is 5.53. The number of nitrogens with one attached hydrogen (secondary N) is 2. The van der Waals surface area contributed by atoms with Crippen LogP contribution in [0.15, 0.2) is 24.3 Å². The number of hydrogen-bond donors (Lipinski definition) is 3. The summed E-state index contributed by atoms with van der Waals surface area (Å²) < 4.78 is 0. The van der Waals surface area contributed by atoms with Crippen molar-refractivity contribution < 1.29 is 9.59 Å². The fraction of sp³-hybridized carbons (Fsp3) is 0.556. The lowest BCUT2D eigenvalue weighted by Crippen LogP contribution is -2.41. The van der Waals surface area contributed by atoms with Crippen LogP contribution in [0.4, 0.5) is 10.5 Å². The van der Waals surface area contributed by atoms with Crippen molar-refractivity contribution in [3.63, 3.8) is 0 Å². The quantitative estimate of drug-likeness (QED) is 0.747. The van der Waals surface area contributed by atoms with E-state index in [1.54, 1.807) is 0 Å². The summed E-state index contributed by atoms with van der Waals surface area (Å²) in [6, 6.07) is 6.97. The van der Waals surface area contributed by atoms with E-state index in [0.717, 1.165) is 37.2 Å². The molecule has 132 valence electrons. The first-order chi connectivity index (χ1) is 11.5. The largest absolute Gasteiger partial charge is 0.351 e. The van der Waals surface area contributed by atoms with Crippen LogP contribution in [-0.2, 0) is 11.3 Å². The van der Waals surface area contributed by atoms with E-state index in [1.807, 2.05) is 43.0 Å². The first kappa shape index (κ1) is 18.3. The summed E-state index contributed by atoms with van der Waals surface area (Å²) in [5.74, 6) is 0.241. The Labute approximate surface area is 143 Å². The van der Waals surface area contributed by atoms with Gasteiger partial charge in [0.15, 0.2) is 0 Å². The zero-order chi connectivity index (χ0) is 17.5. The molecule has 0 spiro atoms. The highest BCUT2D eigenvalue weighted by Crippen LogP contribution is 2.14. The number of hydrogen-bond acceptors (Lipinski definition) is 3. The fourth-order valence-electron chi connectivity index (χ4n) is 2.82. The van der Waals surface area contributed by atoms with Crippen LogP contribution in [0, 0.1) is 5.92 Å². The number of benzene rings is 1. The van der Waals surface area contributed by atoms with Crippen LogP contribution in [-0.4, -0.2) is 36.0 Å². The molecule has 0 bridgehead atoms. The molecule has 0 unspecified atom stereocenters. The Morgan fingerprint density at radius 2 is 1.96 bits per heavy atom. The molecule has 0 radical (unpaired) electrons. The van der Waals surface area contributed by atoms with E-state index in [-0.39, 0.29) is 11.9 Å². The van der Waals surface area contributed by atoms with Gasteiger partial charge >= 0.3 is 6.03 Å². The smallest absolute Gasteiger partial charge is 0.321 e. The standard InChI is InChI=1S/C18H28N4O2/c1-13(2)10-16(19)17(23)20-12-14-6-5-7-15(11-14)21-18(24)22-8-3-4-9-22/h5-7,11,13,16H,3-4,8-10,12,19H2,1-2H3,(H,20,23)(H,21,24)/t16-/m0/s1. The SMILES string of the molecule is CC(C)C[C@H](N)C(=O)NCc1cccc(NC(=O)N2CCCC2)c1. The van der Waals surface area contributed by atoms with Crippen LogP contribution in [0.25, 0.3) is 0 Å². The number of carbonyl (C=O) groups is 2. The summed E-state index contributed by atoms with van der Waals surface area (Å²) in [6.45, 7) is 6.11. The Morgan fingerprint density at radius 1 is 1.25 bits per heavy atom. The van der Waals surface area contributed by atoms with Crippen molar-refractivity contribution in [1.29, 1.82) is 0 Å². The highest BCUT2D eigenvalue weighted by Gasteiger charge is 2.18. The number of nitrogens with zero attached hydrogens (tertiary/aromatic N) is 1. The molecule has 24 heavy (non-hydrogen) atoms. The normalized spacial score (nSPS) is 15.4. The van der Waals surface area contributed by atoms with Gasteiger partial charge < -0.3 is 21.3 Å². The molecule has 6 heteroatoms. The van der Waals surface area contributed by atoms with E-state index in [2.05, 4.69) is 10.6 Å². The minimum absolute atomic E-state index is 0.0624. The lowest BCUT2D eigenvalue weighted by atomic mass is 10.0. The maximum Gasteiger partial charge on any atom is 0.321 e. The van der Waals surface area contributed by atoms with Crippen LogP contribution in [0.2, 0.25) is 0 Å². The van der Waals surface area contributed by atoms with Gasteiger partial charge in [-0.05, 0) is 42.9 Å². The average molecular weight is 332 g/mol. The summed E-state index contributed by atoms with van der Waals surface area (Å²) in [4.78, 5) is 25.9. The predicted octanol–water partition coefficient (Wildman–Crippen LogP) is 2.30. The minimum Gasteiger partial charge on any atom is -0.351 e. The molecule has 1 aliphatic rings. The number of amides is 3. The molecule has 1 heterocycles. The summed E-state index contributed by atoms with van der Waals surface area (Å²) in [5, 5.41) is 5.76. The van der Waals surface area contributed by atoms with Gasteiger partial charge in [-0.2, -0.15) is 0 Å². The first-order valence-electron chi connectivity index (χ1n) is 8.64. The highest BCUT2D eigenvalue weighted by atomic mass is 16.2. The molecule has 1 aromatic rings. The Morgan fingerprint density at radius 3 is 2.62 bits per heavy atom. The lowest BCUT2D eigenvalue weighted by Gasteiger charge is -2.17. The highest BCUT2D eigenvalue weighted by molar-refractivity contribution is 5.89. The molecule has 6 nitrogen and oxygen atoms in total. The van der Waals surface area contributed by atoms with E-state index in [9.17, 15) is 9.59 Å². The third-order valence-electron chi connectivity index (χ3n) is 4.10. The summed E-state index contributed by atoms with van der Waals surface area (Å²) >= 11 is 0. The summed E-state index contributed by atoms with van der Waals surface area (Å²) in [6.07, 6.45) is 2.80. The molecular weight excluding hydrogens is 304 g/mol. The second-order valence-electron chi connectivity index (χ2n) is 6.78. The van der Waals surface area contributed by atoms with Crippen LogP contribution in [0.1, 0.15) is 38.7 Å². The van der Waals surface area contributed by atoms with Crippen molar-refractivity contribution in [3.8, 4) is 0 Å². The maximum atomic E-state index is 12.1. The minimum atomic E-state index is -0.483. The van der Waals surface area contributed by atoms with Crippen molar-refractivity contribution in [2.45, 2.75) is 45.7 Å². The summed E-state index contributed by atoms with van der Waals surface area (Å²) in [7, 11) is 0. The number of rotatable bonds is 6. The van der Waals surface area contributed by atoms with Crippen LogP contribution in [0.3, 0.4) is 0 Å². The van der Waals surface area contributed by atoms with Gasteiger partial charge in [-0.1, -0.05) is 26.0 Å². The van der Waals surface area contributed by atoms with Crippen molar-refractivity contribution in [2.24, 2.45) is 11.7 Å². The van der Waals surface area contributed by atoms with E-state index in [4.69, 9.17) is 5.73 Å². The van der Waals surface area contributed by atoms with Gasteiger partial charge in [0.25, 0.3) is 0 Å². The molecular formula is C18H28N4O2.